The van der Waals surface area contributed by atoms with Crippen molar-refractivity contribution < 1.29 is 4.42 Å². The maximum absolute atomic E-state index is 6.63. The van der Waals surface area contributed by atoms with Crippen molar-refractivity contribution in [3.8, 4) is 45.0 Å². The van der Waals surface area contributed by atoms with Gasteiger partial charge in [-0.15, -0.1) is 0 Å². The first-order chi connectivity index (χ1) is 31.2. The highest BCUT2D eigenvalue weighted by molar-refractivity contribution is 6.12. The molecule has 1 atom stereocenters. The van der Waals surface area contributed by atoms with E-state index < -0.39 is 0 Å². The van der Waals surface area contributed by atoms with Gasteiger partial charge >= 0.3 is 0 Å². The summed E-state index contributed by atoms with van der Waals surface area (Å²) in [5, 5.41) is 3.70. The molecule has 0 amide bonds. The standard InChI is InChI=1S/C58H40N4O/c1-3-15-37(16-4-1)48-36-49(60-58(59-48)39-17-5-2-6-18-39)38-29-32-41(33-30-38)61-51-25-11-8-21-46(51)56-42(22-13-26-53(56)61)40-31-34-52-47(35-40)43-19-7-10-24-50(43)62(52)54-27-14-23-45-44-20-9-12-28-55(44)63-57(45)54/h1-13,15-20,22,24-36,46H,14,21,23H2. The molecular formula is C58H40N4O. The van der Waals surface area contributed by atoms with Crippen LogP contribution in [-0.2, 0) is 6.42 Å². The predicted molar refractivity (Wildman–Crippen MR) is 258 cm³/mol. The van der Waals surface area contributed by atoms with Gasteiger partial charge in [0, 0.05) is 55.7 Å². The average Bonchev–Trinajstić information content (AvgIpc) is 4.02. The molecular weight excluding hydrogens is 769 g/mol. The van der Waals surface area contributed by atoms with Crippen molar-refractivity contribution in [3.05, 3.63) is 223 Å². The van der Waals surface area contributed by atoms with E-state index in [2.05, 4.69) is 185 Å². The maximum atomic E-state index is 6.63. The van der Waals surface area contributed by atoms with Crippen molar-refractivity contribution in [2.75, 3.05) is 4.90 Å². The molecule has 10 aromatic rings. The zero-order valence-corrected chi connectivity index (χ0v) is 34.4. The molecule has 5 heteroatoms. The van der Waals surface area contributed by atoms with Gasteiger partial charge in [0.15, 0.2) is 11.6 Å². The van der Waals surface area contributed by atoms with Gasteiger partial charge in [0.25, 0.3) is 0 Å². The quantitative estimate of drug-likeness (QED) is 0.168. The van der Waals surface area contributed by atoms with E-state index in [9.17, 15) is 0 Å². The Hall–Kier alpha value is -8.02. The van der Waals surface area contributed by atoms with Crippen molar-refractivity contribution in [2.24, 2.45) is 0 Å². The minimum atomic E-state index is 0.237. The Bertz CT molecular complexity index is 3480. The summed E-state index contributed by atoms with van der Waals surface area (Å²) < 4.78 is 9.05. The second-order valence-electron chi connectivity index (χ2n) is 16.7. The van der Waals surface area contributed by atoms with E-state index in [1.54, 1.807) is 0 Å². The van der Waals surface area contributed by atoms with E-state index in [0.717, 1.165) is 70.1 Å². The fourth-order valence-electron chi connectivity index (χ4n) is 10.3. The number of allylic oxidation sites excluding steroid dienone is 5. The van der Waals surface area contributed by atoms with Gasteiger partial charge in [0.2, 0.25) is 0 Å². The topological polar surface area (TPSA) is 47.1 Å². The van der Waals surface area contributed by atoms with E-state index >= 15 is 0 Å². The lowest BCUT2D eigenvalue weighted by molar-refractivity contribution is 0.585. The summed E-state index contributed by atoms with van der Waals surface area (Å²) in [6.45, 7) is 0. The van der Waals surface area contributed by atoms with Crippen molar-refractivity contribution in [3.63, 3.8) is 0 Å². The third kappa shape index (κ3) is 5.70. The molecule has 7 aromatic carbocycles. The highest BCUT2D eigenvalue weighted by atomic mass is 16.3. The molecule has 3 aromatic heterocycles. The molecule has 298 valence electrons. The first-order valence-electron chi connectivity index (χ1n) is 21.9. The Morgan fingerprint density at radius 3 is 2.10 bits per heavy atom. The van der Waals surface area contributed by atoms with Crippen LogP contribution in [0.4, 0.5) is 11.4 Å². The molecule has 0 saturated carbocycles. The lowest BCUT2D eigenvalue weighted by Crippen LogP contribution is -2.14. The number of aromatic nitrogens is 3. The van der Waals surface area contributed by atoms with E-state index in [1.165, 1.54) is 60.8 Å². The largest absolute Gasteiger partial charge is 0.454 e. The lowest BCUT2D eigenvalue weighted by Gasteiger charge is -2.24. The Balaban J connectivity index is 0.904. The Kier molecular flexibility index (Phi) is 8.10. The number of anilines is 2. The van der Waals surface area contributed by atoms with Crippen LogP contribution in [0.3, 0.4) is 0 Å². The summed E-state index contributed by atoms with van der Waals surface area (Å²) >= 11 is 0. The average molecular weight is 809 g/mol. The fraction of sp³-hybridized carbons (Fsp3) is 0.0690. The normalized spacial score (nSPS) is 15.4. The van der Waals surface area contributed by atoms with Crippen LogP contribution in [0.25, 0.3) is 83.5 Å². The third-order valence-electron chi connectivity index (χ3n) is 13.2. The number of hydrogen-bond acceptors (Lipinski definition) is 4. The minimum absolute atomic E-state index is 0.237. The Morgan fingerprint density at radius 2 is 1.27 bits per heavy atom. The second-order valence-corrected chi connectivity index (χ2v) is 16.7. The summed E-state index contributed by atoms with van der Waals surface area (Å²) in [4.78, 5) is 12.6. The van der Waals surface area contributed by atoms with Gasteiger partial charge < -0.3 is 13.9 Å². The van der Waals surface area contributed by atoms with Crippen LogP contribution < -0.4 is 4.90 Å². The molecule has 63 heavy (non-hydrogen) atoms. The zero-order chi connectivity index (χ0) is 41.4. The van der Waals surface area contributed by atoms with Crippen molar-refractivity contribution in [2.45, 2.75) is 25.2 Å². The molecule has 5 nitrogen and oxygen atoms in total. The number of fused-ring (bicyclic) bond motifs is 9. The molecule has 4 heterocycles. The van der Waals surface area contributed by atoms with Crippen LogP contribution >= 0.6 is 0 Å². The van der Waals surface area contributed by atoms with E-state index in [0.29, 0.717) is 5.82 Å². The van der Waals surface area contributed by atoms with E-state index in [1.807, 2.05) is 24.3 Å². The molecule has 13 rings (SSSR count). The highest BCUT2D eigenvalue weighted by Gasteiger charge is 2.37. The number of nitrogens with zero attached hydrogens (tertiary/aromatic N) is 4. The summed E-state index contributed by atoms with van der Waals surface area (Å²) in [6, 6.07) is 62.8. The third-order valence-corrected chi connectivity index (χ3v) is 13.2. The molecule has 0 saturated heterocycles. The number of benzene rings is 7. The molecule has 1 aliphatic heterocycles. The number of hydrogen-bond donors (Lipinski definition) is 0. The van der Waals surface area contributed by atoms with Gasteiger partial charge in [-0.05, 0) is 90.6 Å². The lowest BCUT2D eigenvalue weighted by atomic mass is 9.86. The molecule has 1 unspecified atom stereocenters. The number of para-hydroxylation sites is 2. The van der Waals surface area contributed by atoms with Gasteiger partial charge in [0.1, 0.15) is 5.58 Å². The molecule has 0 radical (unpaired) electrons. The smallest absolute Gasteiger partial charge is 0.160 e. The fourth-order valence-corrected chi connectivity index (χ4v) is 10.3. The monoisotopic (exact) mass is 808 g/mol. The summed E-state index contributed by atoms with van der Waals surface area (Å²) in [7, 11) is 0. The van der Waals surface area contributed by atoms with Gasteiger partial charge in [-0.1, -0.05) is 146 Å². The van der Waals surface area contributed by atoms with Crippen LogP contribution in [0.15, 0.2) is 210 Å². The summed E-state index contributed by atoms with van der Waals surface area (Å²) in [5.74, 6) is 1.94. The van der Waals surface area contributed by atoms with Gasteiger partial charge in [0.05, 0.1) is 33.8 Å². The van der Waals surface area contributed by atoms with E-state index in [4.69, 9.17) is 14.4 Å². The van der Waals surface area contributed by atoms with Gasteiger partial charge in [-0.2, -0.15) is 0 Å². The summed E-state index contributed by atoms with van der Waals surface area (Å²) in [6.07, 6.45) is 12.1. The van der Waals surface area contributed by atoms with Crippen LogP contribution in [0.2, 0.25) is 0 Å². The number of furan rings is 1. The maximum Gasteiger partial charge on any atom is 0.160 e. The Labute approximate surface area is 365 Å². The predicted octanol–water partition coefficient (Wildman–Crippen LogP) is 14.9. The van der Waals surface area contributed by atoms with Crippen LogP contribution in [0.5, 0.6) is 0 Å². The number of aryl methyl sites for hydroxylation is 1. The molecule has 2 aliphatic carbocycles. The summed E-state index contributed by atoms with van der Waals surface area (Å²) in [5.41, 5.74) is 18.2. The van der Waals surface area contributed by atoms with E-state index in [-0.39, 0.29) is 5.92 Å². The SMILES string of the molecule is C1=CCC2C(=C1)N(c1ccc(-c3cc(-c4ccccc4)nc(-c4ccccc4)n3)cc1)c1cccc(-c3ccc4c(c3)c3ccccc3n4C3=CCCc4c3oc3ccccc43)c12. The van der Waals surface area contributed by atoms with Crippen LogP contribution in [0.1, 0.15) is 35.6 Å². The minimum Gasteiger partial charge on any atom is -0.454 e. The molecule has 0 N–H and O–H groups in total. The van der Waals surface area contributed by atoms with Crippen molar-refractivity contribution >= 4 is 49.8 Å². The highest BCUT2D eigenvalue weighted by Crippen LogP contribution is 2.54. The van der Waals surface area contributed by atoms with Gasteiger partial charge in [-0.3, -0.25) is 0 Å². The molecule has 0 fully saturated rings. The molecule has 3 aliphatic rings. The van der Waals surface area contributed by atoms with Crippen LogP contribution in [0, 0.1) is 0 Å². The first-order valence-corrected chi connectivity index (χ1v) is 21.9. The van der Waals surface area contributed by atoms with Crippen molar-refractivity contribution in [1.82, 2.24) is 14.5 Å². The zero-order valence-electron chi connectivity index (χ0n) is 34.4. The van der Waals surface area contributed by atoms with Crippen molar-refractivity contribution in [1.29, 1.82) is 0 Å². The first kappa shape index (κ1) is 35.7. The van der Waals surface area contributed by atoms with Gasteiger partial charge in [-0.25, -0.2) is 9.97 Å². The second kappa shape index (κ2) is 14.3. The Morgan fingerprint density at radius 1 is 0.571 bits per heavy atom. The number of rotatable bonds is 6. The molecule has 0 spiro atoms. The molecule has 0 bridgehead atoms. The van der Waals surface area contributed by atoms with Crippen LogP contribution in [-0.4, -0.2) is 14.5 Å².